The van der Waals surface area contributed by atoms with Gasteiger partial charge in [-0.2, -0.15) is 5.26 Å². The SMILES string of the molecule is [C-]#[N+]c1cc(Cl)cc2c1C[C@H](N1CCCCC1)[C@H]2Oc1ccc(S(=O)(=O)NCCOCCOCCCC(=O)CCCCCNC(=O)NCCOCCOCCCS(=O)(=O)c2ccc(O[C@H]3c4cc(Cl)cc(C#N)c4C[C@@H]3N3CCNCC3)c(F)c2)cc1F. The summed E-state index contributed by atoms with van der Waals surface area (Å²) in [4.78, 5) is 32.4. The largest absolute Gasteiger partial charge is 0.481 e. The fraction of sp³-hybridized carbons (Fsp3) is 0.548. The molecule has 4 aromatic rings. The second-order valence-electron chi connectivity index (χ2n) is 22.1. The number of sulfonamides is 1. The number of likely N-dealkylation sites (tertiary alicyclic amines) is 1. The third-order valence-electron chi connectivity index (χ3n) is 16.0. The molecule has 2 aliphatic carbocycles. The summed E-state index contributed by atoms with van der Waals surface area (Å²) in [5.41, 5.74) is 4.02. The van der Waals surface area contributed by atoms with Gasteiger partial charge < -0.3 is 44.4 Å². The quantitative estimate of drug-likeness (QED) is 0.0249. The number of nitrogens with zero attached hydrogens (tertiary/aromatic N) is 4. The molecule has 0 saturated carbocycles. The first-order chi connectivity index (χ1) is 42.5. The van der Waals surface area contributed by atoms with Crippen LogP contribution in [0.1, 0.15) is 104 Å². The number of hydrogen-bond donors (Lipinski definition) is 4. The summed E-state index contributed by atoms with van der Waals surface area (Å²) in [6, 6.07) is 15.5. The molecule has 2 fully saturated rings. The van der Waals surface area contributed by atoms with E-state index in [9.17, 15) is 31.7 Å². The van der Waals surface area contributed by atoms with E-state index in [1.54, 1.807) is 24.3 Å². The van der Waals surface area contributed by atoms with Crippen LogP contribution in [0.25, 0.3) is 4.85 Å². The lowest BCUT2D eigenvalue weighted by Crippen LogP contribution is -2.50. The van der Waals surface area contributed by atoms with Crippen molar-refractivity contribution in [2.24, 2.45) is 0 Å². The number of benzene rings is 4. The predicted molar refractivity (Wildman–Crippen MR) is 328 cm³/mol. The van der Waals surface area contributed by atoms with Gasteiger partial charge in [0.15, 0.2) is 38.7 Å². The van der Waals surface area contributed by atoms with Crippen LogP contribution in [0, 0.1) is 29.5 Å². The highest BCUT2D eigenvalue weighted by atomic mass is 35.5. The van der Waals surface area contributed by atoms with E-state index in [0.29, 0.717) is 79.4 Å². The lowest BCUT2D eigenvalue weighted by Gasteiger charge is -2.36. The zero-order valence-corrected chi connectivity index (χ0v) is 52.5. The molecule has 4 aromatic carbocycles. The Morgan fingerprint density at radius 3 is 1.85 bits per heavy atom. The maximum Gasteiger partial charge on any atom is 0.314 e. The average Bonchev–Trinajstić information content (AvgIpc) is 2.01. The minimum absolute atomic E-state index is 0.0516. The molecular weight excluding hydrogens is 1220 g/mol. The summed E-state index contributed by atoms with van der Waals surface area (Å²) in [6.45, 7) is 14.9. The summed E-state index contributed by atoms with van der Waals surface area (Å²) in [5.74, 6) is -1.96. The van der Waals surface area contributed by atoms with Crippen LogP contribution in [0.5, 0.6) is 11.5 Å². The normalized spacial score (nSPS) is 18.7. The second kappa shape index (κ2) is 34.0. The van der Waals surface area contributed by atoms with Gasteiger partial charge in [0.05, 0.1) is 85.5 Å². The van der Waals surface area contributed by atoms with Gasteiger partial charge in [0.1, 0.15) is 18.0 Å². The van der Waals surface area contributed by atoms with Gasteiger partial charge in [0.2, 0.25) is 10.0 Å². The Labute approximate surface area is 524 Å². The van der Waals surface area contributed by atoms with E-state index in [1.807, 2.05) is 0 Å². The zero-order chi connectivity index (χ0) is 62.5. The molecule has 20 nitrogen and oxygen atoms in total. The van der Waals surface area contributed by atoms with Crippen molar-refractivity contribution in [3.8, 4) is 17.6 Å². The summed E-state index contributed by atoms with van der Waals surface area (Å²) < 4.78 is 121. The Morgan fingerprint density at radius 2 is 1.20 bits per heavy atom. The number of fused-ring (bicyclic) bond motifs is 2. The van der Waals surface area contributed by atoms with Crippen molar-refractivity contribution in [3.63, 3.8) is 0 Å². The van der Waals surface area contributed by atoms with E-state index in [2.05, 4.69) is 41.4 Å². The molecule has 26 heteroatoms. The first-order valence-corrected chi connectivity index (χ1v) is 34.0. The maximum atomic E-state index is 15.6. The first kappa shape index (κ1) is 68.3. The molecule has 0 unspecified atom stereocenters. The number of nitriles is 1. The molecule has 2 heterocycles. The van der Waals surface area contributed by atoms with E-state index in [-0.39, 0.29) is 117 Å². The number of ketones is 1. The number of ether oxygens (including phenoxy) is 6. The first-order valence-electron chi connectivity index (χ1n) is 30.2. The van der Waals surface area contributed by atoms with Crippen molar-refractivity contribution in [3.05, 3.63) is 122 Å². The summed E-state index contributed by atoms with van der Waals surface area (Å²) >= 11 is 12.8. The van der Waals surface area contributed by atoms with Gasteiger partial charge in [0, 0.05) is 81.9 Å². The number of piperidine rings is 1. The van der Waals surface area contributed by atoms with Gasteiger partial charge in [-0.1, -0.05) is 36.0 Å². The number of carbonyl (C=O) groups excluding carboxylic acids is 2. The van der Waals surface area contributed by atoms with Crippen molar-refractivity contribution < 1.29 is 63.6 Å². The standard InChI is InChI=1S/C62H78Cl2F2N8O12S2/c1-68-55-37-45(64)36-52-50(55)41-57(73-21-6-3-7-22-73)61(52)86-59-15-13-48(39-54(59)66)88(79,80)72-20-28-84-32-29-81-25-8-11-46(75)10-4-2-5-16-70-62(76)71-19-27-83-31-30-82-26-9-33-87(77,78)47-12-14-58(53(65)38-47)85-60-51-35-44(63)34-43(42-67)49(51)40-56(60)74-23-17-69-18-24-74/h12-15,34-39,56-57,60-61,69,72H,2-11,16-33,40-41H2,(H2,70,71,76)/t56-,57-,60-,61-/m0/s1. The lowest BCUT2D eigenvalue weighted by molar-refractivity contribution is -0.119. The number of unbranched alkanes of at least 4 members (excludes halogenated alkanes) is 2. The number of Topliss-reactive ketones (excluding diaryl/α,β-unsaturated/α-hetero) is 1. The Morgan fingerprint density at radius 1 is 0.648 bits per heavy atom. The summed E-state index contributed by atoms with van der Waals surface area (Å²) in [6.07, 6.45) is 6.79. The number of urea groups is 1. The second-order valence-corrected chi connectivity index (χ2v) is 26.8. The van der Waals surface area contributed by atoms with Crippen LogP contribution in [-0.4, -0.2) is 168 Å². The molecule has 0 radical (unpaired) electrons. The van der Waals surface area contributed by atoms with Gasteiger partial charge in [-0.25, -0.2) is 40.0 Å². The van der Waals surface area contributed by atoms with Crippen molar-refractivity contribution >= 4 is 60.6 Å². The molecule has 8 rings (SSSR count). The van der Waals surface area contributed by atoms with Crippen LogP contribution in [0.15, 0.2) is 70.5 Å². The Hall–Kier alpha value is -5.58. The molecule has 0 spiro atoms. The number of amides is 2. The Bertz CT molecular complexity index is 3110. The molecule has 88 heavy (non-hydrogen) atoms. The van der Waals surface area contributed by atoms with Gasteiger partial charge in [-0.05, 0) is 147 Å². The number of piperazine rings is 1. The van der Waals surface area contributed by atoms with Gasteiger partial charge >= 0.3 is 6.03 Å². The third-order valence-corrected chi connectivity index (χ3v) is 19.7. The molecular formula is C62H78Cl2F2N8O12S2. The molecule has 4 aliphatic rings. The van der Waals surface area contributed by atoms with E-state index in [4.69, 9.17) is 58.2 Å². The summed E-state index contributed by atoms with van der Waals surface area (Å²) in [7, 11) is -7.90. The predicted octanol–water partition coefficient (Wildman–Crippen LogP) is 8.59. The van der Waals surface area contributed by atoms with Crippen LogP contribution in [0.3, 0.4) is 0 Å². The van der Waals surface area contributed by atoms with E-state index in [1.165, 1.54) is 24.3 Å². The highest BCUT2D eigenvalue weighted by Gasteiger charge is 2.42. The monoisotopic (exact) mass is 1300 g/mol. The number of carbonyl (C=O) groups is 2. The minimum Gasteiger partial charge on any atom is -0.481 e. The number of sulfone groups is 1. The molecule has 478 valence electrons. The van der Waals surface area contributed by atoms with Gasteiger partial charge in [0.25, 0.3) is 0 Å². The molecule has 4 atom stereocenters. The number of hydrogen-bond acceptors (Lipinski definition) is 16. The fourth-order valence-corrected chi connectivity index (χ4v) is 14.3. The zero-order valence-electron chi connectivity index (χ0n) is 49.3. The topological polar surface area (TPSA) is 241 Å². The number of rotatable bonds is 35. The smallest absolute Gasteiger partial charge is 0.314 e. The van der Waals surface area contributed by atoms with Crippen LogP contribution >= 0.6 is 23.2 Å². The molecule has 0 bridgehead atoms. The molecule has 0 aromatic heterocycles. The number of nitrogens with one attached hydrogen (secondary N) is 4. The van der Waals surface area contributed by atoms with Crippen LogP contribution < -0.4 is 30.1 Å². The van der Waals surface area contributed by atoms with Gasteiger partial charge in [-0.15, -0.1) is 0 Å². The molecule has 2 amide bonds. The highest BCUT2D eigenvalue weighted by Crippen LogP contribution is 2.46. The van der Waals surface area contributed by atoms with Crippen molar-refractivity contribution in [1.29, 1.82) is 5.26 Å². The van der Waals surface area contributed by atoms with Crippen molar-refractivity contribution in [2.75, 3.05) is 118 Å². The maximum absolute atomic E-state index is 15.6. The van der Waals surface area contributed by atoms with E-state index in [0.717, 1.165) is 99.3 Å². The van der Waals surface area contributed by atoms with Crippen LogP contribution in [0.2, 0.25) is 10.0 Å². The van der Waals surface area contributed by atoms with Crippen LogP contribution in [0.4, 0.5) is 19.3 Å². The third kappa shape index (κ3) is 19.5. The molecule has 2 aliphatic heterocycles. The minimum atomic E-state index is -4.07. The van der Waals surface area contributed by atoms with Gasteiger partial charge in [-0.3, -0.25) is 14.6 Å². The van der Waals surface area contributed by atoms with E-state index < -0.39 is 43.7 Å². The fourth-order valence-electron chi connectivity index (χ4n) is 11.5. The highest BCUT2D eigenvalue weighted by molar-refractivity contribution is 7.91. The van der Waals surface area contributed by atoms with E-state index >= 15 is 8.78 Å². The lowest BCUT2D eigenvalue weighted by atomic mass is 10.0. The molecule has 2 saturated heterocycles. The van der Waals surface area contributed by atoms with Crippen molar-refractivity contribution in [1.82, 2.24) is 30.5 Å². The van der Waals surface area contributed by atoms with Crippen LogP contribution in [-0.2, 0) is 56.4 Å². The summed E-state index contributed by atoms with van der Waals surface area (Å²) in [5, 5.41) is 19.4. The van der Waals surface area contributed by atoms with Crippen molar-refractivity contribution in [2.45, 2.75) is 111 Å². The number of halogens is 4. The Balaban J connectivity index is 0.593. The average molecular weight is 1300 g/mol. The Kier molecular flexibility index (Phi) is 26.4. The molecule has 4 N–H and O–H groups in total.